The van der Waals surface area contributed by atoms with Gasteiger partial charge >= 0.3 is 25.4 Å². The van der Waals surface area contributed by atoms with Crippen molar-refractivity contribution < 1.29 is 89.3 Å². The van der Waals surface area contributed by atoms with Gasteiger partial charge in [-0.1, -0.05) is 30.0 Å². The minimum absolute atomic E-state index is 0.00744. The lowest BCUT2D eigenvalue weighted by molar-refractivity contribution is -0.144. The van der Waals surface area contributed by atoms with Crippen molar-refractivity contribution in [1.82, 2.24) is 40.9 Å². The van der Waals surface area contributed by atoms with Crippen molar-refractivity contribution >= 4 is 88.5 Å². The summed E-state index contributed by atoms with van der Waals surface area (Å²) in [6, 6.07) is 4.77. The number of nitrogens with one attached hydrogen (secondary N) is 4. The van der Waals surface area contributed by atoms with Crippen LogP contribution in [-0.2, 0) is 61.4 Å². The molecule has 0 radical (unpaired) electrons. The second-order valence-electron chi connectivity index (χ2n) is 21.8. The van der Waals surface area contributed by atoms with Gasteiger partial charge in [-0.05, 0) is 104 Å². The fourth-order valence-corrected chi connectivity index (χ4v) is 13.1. The van der Waals surface area contributed by atoms with Crippen LogP contribution >= 0.6 is 18.9 Å². The highest BCUT2D eigenvalue weighted by molar-refractivity contribution is 7.52. The van der Waals surface area contributed by atoms with Crippen LogP contribution in [0, 0.1) is 29.4 Å². The van der Waals surface area contributed by atoms with Crippen LogP contribution in [0.4, 0.5) is 27.2 Å². The molecule has 8 atom stereocenters. The first kappa shape index (κ1) is 63.1. The van der Waals surface area contributed by atoms with E-state index in [-0.39, 0.29) is 110 Å². The van der Waals surface area contributed by atoms with Gasteiger partial charge in [0, 0.05) is 72.2 Å². The van der Waals surface area contributed by atoms with Gasteiger partial charge in [-0.3, -0.25) is 48.2 Å². The van der Waals surface area contributed by atoms with E-state index >= 15 is 0 Å². The summed E-state index contributed by atoms with van der Waals surface area (Å²) < 4.78 is 80.2. The lowest BCUT2D eigenvalue weighted by atomic mass is 9.88. The number of thiophene rings is 1. The average Bonchev–Trinajstić information content (AvgIpc) is 2.34. The van der Waals surface area contributed by atoms with E-state index in [1.54, 1.807) is 18.2 Å². The van der Waals surface area contributed by atoms with Crippen molar-refractivity contribution in [3.8, 4) is 11.8 Å². The molecule has 30 heteroatoms. The summed E-state index contributed by atoms with van der Waals surface area (Å²) in [5.74, 6) is -2.02. The van der Waals surface area contributed by atoms with Gasteiger partial charge in [0.15, 0.2) is 11.6 Å². The van der Waals surface area contributed by atoms with Crippen LogP contribution in [0.2, 0.25) is 0 Å². The zero-order chi connectivity index (χ0) is 62.8. The molecule has 24 nitrogen and oxygen atoms in total. The summed E-state index contributed by atoms with van der Waals surface area (Å²) in [4.78, 5) is 158. The molecule has 5 aliphatic rings. The number of benzene rings is 3. The SMILES string of the molecule is COC(=O)N1CC[C@H]2CC[C@@H](C(=O)NC(C)C(=O)NC(Cc3ccc(F)c(F)c3)C(=O)N3CCC(CCC#Cc4cccc5c4CN(C4CCC(=O)NC4=O)C5=O)C(OC(N)=O)C3)N2C(=O)[C@@H](NC(=O)c2cc3cc(C(F)(F)P(=O)(O)O)ccc3s2)C1. The lowest BCUT2D eigenvalue weighted by Crippen LogP contribution is -2.62. The van der Waals surface area contributed by atoms with Crippen molar-refractivity contribution in [3.05, 3.63) is 105 Å². The van der Waals surface area contributed by atoms with Crippen LogP contribution in [-0.4, -0.2) is 164 Å². The van der Waals surface area contributed by atoms with Crippen molar-refractivity contribution in [2.24, 2.45) is 11.7 Å². The second-order valence-corrected chi connectivity index (χ2v) is 24.5. The molecule has 9 rings (SSSR count). The molecule has 0 aliphatic carbocycles. The fourth-order valence-electron chi connectivity index (χ4n) is 11.7. The van der Waals surface area contributed by atoms with Gasteiger partial charge in [0.05, 0.1) is 25.1 Å². The number of methoxy groups -OCH3 is 1. The number of amides is 10. The molecule has 6 heterocycles. The van der Waals surface area contributed by atoms with Crippen molar-refractivity contribution in [2.75, 3.05) is 33.3 Å². The Bertz CT molecular complexity index is 3590. The molecule has 8 N–H and O–H groups in total. The maximum Gasteiger partial charge on any atom is 0.409 e. The quantitative estimate of drug-likeness (QED) is 0.0388. The summed E-state index contributed by atoms with van der Waals surface area (Å²) in [6.07, 6.45) is -1.69. The minimum atomic E-state index is -5.93. The number of imide groups is 1. The van der Waals surface area contributed by atoms with Gasteiger partial charge in [0.1, 0.15) is 36.3 Å². The fraction of sp³-hybridized carbons (Fsp3) is 0.439. The van der Waals surface area contributed by atoms with Gasteiger partial charge in [-0.2, -0.15) is 8.78 Å². The number of piperidine rings is 2. The molecule has 3 aromatic carbocycles. The molecule has 4 saturated heterocycles. The number of hydrogen-bond donors (Lipinski definition) is 7. The van der Waals surface area contributed by atoms with E-state index in [9.17, 15) is 79.9 Å². The van der Waals surface area contributed by atoms with E-state index in [0.29, 0.717) is 23.1 Å². The van der Waals surface area contributed by atoms with Gasteiger partial charge in [-0.15, -0.1) is 11.3 Å². The number of fused-ring (bicyclic) bond motifs is 3. The number of hydrogen-bond acceptors (Lipinski definition) is 14. The number of carbonyl (C=O) groups is 10. The molecule has 0 saturated carbocycles. The predicted molar refractivity (Wildman–Crippen MR) is 299 cm³/mol. The summed E-state index contributed by atoms with van der Waals surface area (Å²) in [6.45, 7) is 0.841. The first-order valence-corrected chi connectivity index (χ1v) is 30.1. The third-order valence-electron chi connectivity index (χ3n) is 16.2. The molecule has 4 aromatic rings. The molecular weight excluding hydrogens is 1190 g/mol. The number of rotatable bonds is 15. The van der Waals surface area contributed by atoms with Crippen molar-refractivity contribution in [1.29, 1.82) is 0 Å². The smallest absolute Gasteiger partial charge is 0.409 e. The van der Waals surface area contributed by atoms with Crippen LogP contribution in [0.1, 0.15) is 101 Å². The van der Waals surface area contributed by atoms with E-state index in [1.807, 2.05) is 0 Å². The number of alkyl halides is 2. The molecule has 462 valence electrons. The van der Waals surface area contributed by atoms with Gasteiger partial charge in [-0.25, -0.2) is 18.4 Å². The molecule has 4 fully saturated rings. The molecule has 10 amide bonds. The highest BCUT2D eigenvalue weighted by Crippen LogP contribution is 2.59. The third kappa shape index (κ3) is 13.7. The molecule has 87 heavy (non-hydrogen) atoms. The number of nitrogens with two attached hydrogens (primary N) is 1. The Balaban J connectivity index is 0.862. The Morgan fingerprint density at radius 3 is 2.39 bits per heavy atom. The molecule has 5 aliphatic heterocycles. The van der Waals surface area contributed by atoms with Crippen LogP contribution in [0.3, 0.4) is 0 Å². The summed E-state index contributed by atoms with van der Waals surface area (Å²) in [5.41, 5.74) is 1.63. The van der Waals surface area contributed by atoms with E-state index in [4.69, 9.17) is 15.2 Å². The topological polar surface area (TPSA) is 334 Å². The lowest BCUT2D eigenvalue weighted by Gasteiger charge is -2.39. The van der Waals surface area contributed by atoms with Crippen LogP contribution in [0.5, 0.6) is 0 Å². The van der Waals surface area contributed by atoms with Crippen molar-refractivity contribution in [2.45, 2.75) is 119 Å². The second kappa shape index (κ2) is 25.9. The normalized spacial score (nSPS) is 22.2. The highest BCUT2D eigenvalue weighted by Gasteiger charge is 2.51. The molecule has 1 aromatic heterocycles. The van der Waals surface area contributed by atoms with Gasteiger partial charge < -0.3 is 60.5 Å². The minimum Gasteiger partial charge on any atom is -0.453 e. The summed E-state index contributed by atoms with van der Waals surface area (Å²) in [7, 11) is -4.81. The third-order valence-corrected chi connectivity index (χ3v) is 18.3. The number of ether oxygens (including phenoxy) is 2. The van der Waals surface area contributed by atoms with Crippen LogP contribution in [0.25, 0.3) is 10.1 Å². The summed E-state index contributed by atoms with van der Waals surface area (Å²) >= 11 is 0.817. The van der Waals surface area contributed by atoms with E-state index < -0.39 is 133 Å². The number of likely N-dealkylation sites (tertiary alicyclic amines) is 1. The number of nitrogens with zero attached hydrogens (tertiary/aromatic N) is 4. The van der Waals surface area contributed by atoms with Gasteiger partial charge in [0.2, 0.25) is 35.4 Å². The van der Waals surface area contributed by atoms with Crippen LogP contribution in [0.15, 0.2) is 60.7 Å². The standard InChI is InChI=1S/C57H60F4N9O15PS/c1-29(63-50(74)43-14-12-35-19-21-68(56(80)84-2)27-41(54(78)70(35)43)65-51(75)46-25-33-24-34(11-16-45(33)87-46)57(60,61)86(81,82)83)48(72)64-40(23-30-10-13-38(58)39(59)22-30)53(77)67-20-18-32(44(28-67)85-55(62)79)7-4-3-6-31-8-5-9-36-37(31)26-69(52(36)76)42-15-17-47(71)66-49(42)73/h5,8-11,13,16,22,24-25,29,32,35,40-44H,4,7,12,14-15,17-21,23,26-28H2,1-2H3,(H2,62,79)(H,63,74)(H,64,72)(H,65,75)(H,66,71,73)(H2,81,82,83)/t29?,32?,35-,40?,41+,42?,43+,44?/m1/s1. The van der Waals surface area contributed by atoms with E-state index in [1.165, 1.54) is 38.7 Å². The Kier molecular flexibility index (Phi) is 18.7. The molecular formula is C57H60F4N9O15PS. The Morgan fingerprint density at radius 2 is 1.68 bits per heavy atom. The van der Waals surface area contributed by atoms with Crippen molar-refractivity contribution in [3.63, 3.8) is 0 Å². The predicted octanol–water partition coefficient (Wildman–Crippen LogP) is 3.47. The molecule has 5 unspecified atom stereocenters. The van der Waals surface area contributed by atoms with E-state index in [2.05, 4.69) is 33.1 Å². The first-order valence-electron chi connectivity index (χ1n) is 27.7. The van der Waals surface area contributed by atoms with Crippen LogP contribution < -0.4 is 27.0 Å². The number of primary amides is 1. The summed E-state index contributed by atoms with van der Waals surface area (Å²) in [5, 5.41) is 10.1. The maximum atomic E-state index is 14.6. The first-order chi connectivity index (χ1) is 41.2. The average molecular weight is 1250 g/mol. The molecule has 0 spiro atoms. The zero-order valence-corrected chi connectivity index (χ0v) is 48.4. The highest BCUT2D eigenvalue weighted by atomic mass is 32.1. The molecule has 0 bridgehead atoms. The number of carbonyl (C=O) groups excluding carboxylic acids is 10. The maximum absolute atomic E-state index is 14.6. The largest absolute Gasteiger partial charge is 0.453 e. The number of halogens is 4. The van der Waals surface area contributed by atoms with E-state index in [0.717, 1.165) is 48.8 Å². The zero-order valence-electron chi connectivity index (χ0n) is 46.7. The Morgan fingerprint density at radius 1 is 0.920 bits per heavy atom. The van der Waals surface area contributed by atoms with Gasteiger partial charge in [0.25, 0.3) is 11.8 Å². The Labute approximate surface area is 497 Å². The Hall–Kier alpha value is -8.45. The monoisotopic (exact) mass is 1250 g/mol.